The third kappa shape index (κ3) is 5.54. The van der Waals surface area contributed by atoms with Crippen molar-refractivity contribution in [3.05, 3.63) is 122 Å². The molecule has 6 rings (SSSR count). The van der Waals surface area contributed by atoms with Crippen molar-refractivity contribution in [3.8, 4) is 5.75 Å². The molecule has 0 spiro atoms. The molecule has 10 nitrogen and oxygen atoms in total. The van der Waals surface area contributed by atoms with Gasteiger partial charge < -0.3 is 14.8 Å². The highest BCUT2D eigenvalue weighted by atomic mass is 32.1. The number of hydrogen-bond acceptors (Lipinski definition) is 9. The third-order valence-electron chi connectivity index (χ3n) is 9.26. The van der Waals surface area contributed by atoms with Crippen molar-refractivity contribution in [1.29, 1.82) is 5.53 Å². The molecule has 5 aromatic rings. The van der Waals surface area contributed by atoms with Crippen LogP contribution in [-0.2, 0) is 10.3 Å². The number of hydrogen-bond donors (Lipinski definition) is 3. The minimum absolute atomic E-state index is 0.107. The molecule has 1 aliphatic rings. The van der Waals surface area contributed by atoms with E-state index < -0.39 is 17.3 Å². The smallest absolute Gasteiger partial charge is 0.311 e. The molecule has 0 radical (unpaired) electrons. The van der Waals surface area contributed by atoms with E-state index in [0.29, 0.717) is 12.2 Å². The quantitative estimate of drug-likeness (QED) is 0.106. The summed E-state index contributed by atoms with van der Waals surface area (Å²) in [6, 6.07) is 27.3. The van der Waals surface area contributed by atoms with Crippen LogP contribution in [0.1, 0.15) is 56.5 Å². The van der Waals surface area contributed by atoms with Crippen LogP contribution in [0.4, 0.5) is 5.95 Å². The topological polar surface area (TPSA) is 134 Å². The van der Waals surface area contributed by atoms with E-state index in [-0.39, 0.29) is 45.2 Å². The Hall–Kier alpha value is -4.61. The zero-order chi connectivity index (χ0) is 32.4. The van der Waals surface area contributed by atoms with Gasteiger partial charge in [-0.3, -0.25) is 19.1 Å². The molecular weight excluding hydrogens is 600 g/mol. The van der Waals surface area contributed by atoms with E-state index in [1.54, 1.807) is 7.11 Å². The first-order valence-corrected chi connectivity index (χ1v) is 16.3. The molecule has 238 valence electrons. The highest BCUT2D eigenvalue weighted by Gasteiger charge is 2.43. The van der Waals surface area contributed by atoms with Crippen molar-refractivity contribution < 1.29 is 9.47 Å². The van der Waals surface area contributed by atoms with Crippen LogP contribution in [0, 0.1) is 17.4 Å². The molecule has 1 aliphatic heterocycles. The van der Waals surface area contributed by atoms with E-state index in [1.165, 1.54) is 4.57 Å². The molecule has 3 N–H and O–H groups in total. The zero-order valence-electron chi connectivity index (χ0n) is 26.3. The minimum Gasteiger partial charge on any atom is -0.497 e. The van der Waals surface area contributed by atoms with Crippen LogP contribution in [-0.4, -0.2) is 33.8 Å². The Bertz CT molecular complexity index is 1880. The maximum atomic E-state index is 13.7. The fourth-order valence-corrected chi connectivity index (χ4v) is 7.30. The van der Waals surface area contributed by atoms with Gasteiger partial charge in [-0.2, -0.15) is 10.1 Å². The van der Waals surface area contributed by atoms with Crippen molar-refractivity contribution in [3.63, 3.8) is 0 Å². The van der Waals surface area contributed by atoms with E-state index in [9.17, 15) is 9.59 Å². The molecular formula is C35H38N6O4S. The molecule has 46 heavy (non-hydrogen) atoms. The van der Waals surface area contributed by atoms with Crippen LogP contribution in [0.5, 0.6) is 5.75 Å². The third-order valence-corrected chi connectivity index (χ3v) is 10.2. The van der Waals surface area contributed by atoms with Gasteiger partial charge in [-0.1, -0.05) is 104 Å². The number of aromatic nitrogens is 3. The fraction of sp³-hybridized carbons (Fsp3) is 0.343. The number of thiazole rings is 1. The van der Waals surface area contributed by atoms with Crippen molar-refractivity contribution in [1.82, 2.24) is 14.5 Å². The molecule has 5 atom stereocenters. The van der Waals surface area contributed by atoms with Gasteiger partial charge in [0.1, 0.15) is 22.2 Å². The predicted octanol–water partition coefficient (Wildman–Crippen LogP) is 6.93. The average Bonchev–Trinajstić information content (AvgIpc) is 3.68. The second kappa shape index (κ2) is 13.0. The normalized spacial score (nSPS) is 19.5. The highest BCUT2D eigenvalue weighted by Crippen LogP contribution is 2.43. The lowest BCUT2D eigenvalue weighted by Gasteiger charge is -2.37. The molecule has 1 fully saturated rings. The maximum absolute atomic E-state index is 13.7. The van der Waals surface area contributed by atoms with Gasteiger partial charge in [-0.25, -0.2) is 5.53 Å². The van der Waals surface area contributed by atoms with E-state index >= 15 is 0 Å². The lowest BCUT2D eigenvalue weighted by molar-refractivity contribution is -0.0346. The van der Waals surface area contributed by atoms with E-state index in [1.807, 2.05) is 91.9 Å². The first-order chi connectivity index (χ1) is 22.3. The largest absolute Gasteiger partial charge is 0.497 e. The molecule has 0 unspecified atom stereocenters. The summed E-state index contributed by atoms with van der Waals surface area (Å²) in [4.78, 5) is 34.8. The van der Waals surface area contributed by atoms with Crippen LogP contribution >= 0.6 is 11.3 Å². The van der Waals surface area contributed by atoms with Gasteiger partial charge >= 0.3 is 4.87 Å². The first-order valence-electron chi connectivity index (χ1n) is 15.5. The Morgan fingerprint density at radius 2 is 1.65 bits per heavy atom. The summed E-state index contributed by atoms with van der Waals surface area (Å²) >= 11 is 0.851. The highest BCUT2D eigenvalue weighted by molar-refractivity contribution is 7.16. The average molecular weight is 639 g/mol. The fourth-order valence-electron chi connectivity index (χ4n) is 6.46. The summed E-state index contributed by atoms with van der Waals surface area (Å²) in [5.41, 5.74) is 9.29. The molecule has 1 saturated heterocycles. The summed E-state index contributed by atoms with van der Waals surface area (Å²) in [7, 11) is 1.63. The summed E-state index contributed by atoms with van der Waals surface area (Å²) < 4.78 is 13.7. The standard InChI is InChI=1S/C35H38N6O4S/c1-5-21(2)28-20-27(22(3)40-36)32(45-28)41-30-29(46-34(41)43)31(42)38-33(37-30)39-35(23-12-8-6-9-13-23,24-14-10-7-11-15-24)25-16-18-26(44-4)19-17-25/h6-19,21-22,27-28,32,36H,5,20H2,1-4H3,(H2,37,38,39,42)/t21-,22-,27-,28-,32+/m0/s1. The molecule has 11 heteroatoms. The lowest BCUT2D eigenvalue weighted by atomic mass is 9.77. The van der Waals surface area contributed by atoms with Crippen molar-refractivity contribution >= 4 is 27.6 Å². The number of H-pyrrole nitrogens is 1. The van der Waals surface area contributed by atoms with Crippen LogP contribution in [0.2, 0.25) is 0 Å². The number of nitrogens with one attached hydrogen (secondary N) is 3. The molecule has 3 aromatic carbocycles. The molecule has 0 amide bonds. The summed E-state index contributed by atoms with van der Waals surface area (Å²) in [5, 5.41) is 7.42. The van der Waals surface area contributed by atoms with E-state index in [4.69, 9.17) is 20.0 Å². The second-order valence-electron chi connectivity index (χ2n) is 11.9. The predicted molar refractivity (Wildman–Crippen MR) is 180 cm³/mol. The van der Waals surface area contributed by atoms with E-state index in [0.717, 1.165) is 34.4 Å². The van der Waals surface area contributed by atoms with E-state index in [2.05, 4.69) is 29.3 Å². The number of anilines is 1. The summed E-state index contributed by atoms with van der Waals surface area (Å²) in [5.74, 6) is 0.932. The van der Waals surface area contributed by atoms with Gasteiger partial charge in [0, 0.05) is 5.92 Å². The van der Waals surface area contributed by atoms with Crippen LogP contribution in [0.3, 0.4) is 0 Å². The van der Waals surface area contributed by atoms with Gasteiger partial charge in [-0.15, -0.1) is 0 Å². The zero-order valence-corrected chi connectivity index (χ0v) is 27.1. The Kier molecular flexibility index (Phi) is 8.88. The summed E-state index contributed by atoms with van der Waals surface area (Å²) in [6.45, 7) is 6.09. The van der Waals surface area contributed by atoms with Crippen LogP contribution < -0.4 is 20.5 Å². The Morgan fingerprint density at radius 1 is 1.04 bits per heavy atom. The van der Waals surface area contributed by atoms with Crippen LogP contribution in [0.15, 0.2) is 99.6 Å². The minimum atomic E-state index is -0.994. The molecule has 0 bridgehead atoms. The van der Waals surface area contributed by atoms with Gasteiger partial charge in [0.2, 0.25) is 5.95 Å². The number of benzene rings is 3. The molecule has 0 saturated carbocycles. The molecule has 0 aliphatic carbocycles. The lowest BCUT2D eigenvalue weighted by Crippen LogP contribution is -2.39. The number of rotatable bonds is 11. The van der Waals surface area contributed by atoms with Crippen molar-refractivity contribution in [2.75, 3.05) is 12.4 Å². The summed E-state index contributed by atoms with van der Waals surface area (Å²) in [6.07, 6.45) is 0.753. The number of fused-ring (bicyclic) bond motifs is 1. The second-order valence-corrected chi connectivity index (χ2v) is 12.8. The first kappa shape index (κ1) is 31.4. The maximum Gasteiger partial charge on any atom is 0.311 e. The Morgan fingerprint density at radius 3 is 2.22 bits per heavy atom. The van der Waals surface area contributed by atoms with Crippen LogP contribution in [0.25, 0.3) is 10.3 Å². The number of methoxy groups -OCH3 is 1. The van der Waals surface area contributed by atoms with Gasteiger partial charge in [-0.05, 0) is 48.1 Å². The van der Waals surface area contributed by atoms with Crippen molar-refractivity contribution in [2.24, 2.45) is 17.0 Å². The number of ether oxygens (including phenoxy) is 2. The van der Waals surface area contributed by atoms with Gasteiger partial charge in [0.25, 0.3) is 5.56 Å². The molecule has 2 aromatic heterocycles. The SMILES string of the molecule is CC[C@H](C)[C@@H]1C[C@@H]([C@H](C)N=N)[C@H](n2c(=O)sc3c(=O)[nH]c(NC(c4ccccc4)(c4ccccc4)c4ccc(OC)cc4)nc32)O1. The van der Waals surface area contributed by atoms with Gasteiger partial charge in [0.05, 0.1) is 19.3 Å². The Balaban J connectivity index is 1.55. The number of aromatic amines is 1. The number of nitrogens with zero attached hydrogens (tertiary/aromatic N) is 3. The molecule has 3 heterocycles. The van der Waals surface area contributed by atoms with Crippen molar-refractivity contribution in [2.45, 2.75) is 57.5 Å². The monoisotopic (exact) mass is 638 g/mol. The Labute approximate surface area is 271 Å². The van der Waals surface area contributed by atoms with Gasteiger partial charge in [0.15, 0.2) is 5.65 Å².